The van der Waals surface area contributed by atoms with E-state index in [1.54, 1.807) is 0 Å². The molecule has 0 saturated heterocycles. The van der Waals surface area contributed by atoms with Crippen LogP contribution < -0.4 is 0 Å². The van der Waals surface area contributed by atoms with E-state index in [1.165, 1.54) is 0 Å². The van der Waals surface area contributed by atoms with Crippen molar-refractivity contribution < 1.29 is 4.79 Å². The highest BCUT2D eigenvalue weighted by molar-refractivity contribution is 9.23. The minimum Gasteiger partial charge on any atom is -0.299 e. The van der Waals surface area contributed by atoms with Gasteiger partial charge in [0, 0.05) is 11.5 Å². The van der Waals surface area contributed by atoms with Crippen LogP contribution in [0.3, 0.4) is 0 Å². The van der Waals surface area contributed by atoms with Gasteiger partial charge in [-0.3, -0.25) is 4.79 Å². The molecule has 0 aromatic carbocycles. The lowest BCUT2D eigenvalue weighted by atomic mass is 10.1. The molecule has 0 bridgehead atoms. The summed E-state index contributed by atoms with van der Waals surface area (Å²) in [6.07, 6.45) is 0.672. The lowest BCUT2D eigenvalue weighted by molar-refractivity contribution is -0.120. The summed E-state index contributed by atoms with van der Waals surface area (Å²) in [7, 11) is -0.354. The molecule has 0 radical (unpaired) electrons. The van der Waals surface area contributed by atoms with Crippen molar-refractivity contribution in [1.29, 1.82) is 0 Å². The fourth-order valence-electron chi connectivity index (χ4n) is 0.553. The van der Waals surface area contributed by atoms with E-state index in [9.17, 15) is 4.79 Å². The van der Waals surface area contributed by atoms with Gasteiger partial charge in [-0.05, 0) is 0 Å². The Bertz CT molecular complexity index is 112. The van der Waals surface area contributed by atoms with Crippen molar-refractivity contribution >= 4 is 29.2 Å². The third kappa shape index (κ3) is 2.63. The van der Waals surface area contributed by atoms with Crippen LogP contribution >= 0.6 is 15.3 Å². The quantitative estimate of drug-likeness (QED) is 0.510. The Labute approximate surface area is 66.6 Å². The lowest BCUT2D eigenvalue weighted by Crippen LogP contribution is -2.19. The predicted octanol–water partition coefficient (Wildman–Crippen LogP) is 1.64. The molecule has 0 amide bonds. The van der Waals surface area contributed by atoms with E-state index in [4.69, 9.17) is 0 Å². The maximum absolute atomic E-state index is 11.1. The molecule has 0 aliphatic carbocycles. The monoisotopic (exact) mass is 208 g/mol. The summed E-state index contributed by atoms with van der Waals surface area (Å²) in [6.45, 7) is 5.95. The van der Waals surface area contributed by atoms with Gasteiger partial charge in [0.05, 0.1) is 0 Å². The van der Waals surface area contributed by atoms with Crippen LogP contribution in [-0.4, -0.2) is 13.9 Å². The number of hydrogen-bond donors (Lipinski definition) is 0. The van der Waals surface area contributed by atoms with Crippen molar-refractivity contribution in [3.05, 3.63) is 0 Å². The molecule has 0 rings (SSSR count). The Morgan fingerprint density at radius 1 is 1.67 bits per heavy atom. The zero-order chi connectivity index (χ0) is 7.49. The van der Waals surface area contributed by atoms with Crippen molar-refractivity contribution in [2.24, 2.45) is 0 Å². The number of halogens is 1. The van der Waals surface area contributed by atoms with Crippen LogP contribution in [0, 0.1) is 0 Å². The fraction of sp³-hybridized carbons (Fsp3) is 0.833. The number of Topliss-reactive ketones (excluding diaryl/α,β-unsaturated/α-hetero) is 1. The van der Waals surface area contributed by atoms with Crippen molar-refractivity contribution in [2.45, 2.75) is 32.2 Å². The van der Waals surface area contributed by atoms with Crippen molar-refractivity contribution in [1.82, 2.24) is 0 Å². The van der Waals surface area contributed by atoms with E-state index in [2.05, 4.69) is 15.3 Å². The highest BCUT2D eigenvalue weighted by atomic mass is 79.9. The summed E-state index contributed by atoms with van der Waals surface area (Å²) in [5.41, 5.74) is 0. The molecule has 9 heavy (non-hydrogen) atoms. The van der Waals surface area contributed by atoms with Crippen LogP contribution in [0.25, 0.3) is 0 Å². The second-order valence-corrected chi connectivity index (χ2v) is 6.51. The molecule has 0 spiro atoms. The Morgan fingerprint density at radius 2 is 2.11 bits per heavy atom. The molecule has 0 unspecified atom stereocenters. The summed E-state index contributed by atoms with van der Waals surface area (Å²) in [5, 5.41) is -0.0330. The lowest BCUT2D eigenvalue weighted by Gasteiger charge is -2.17. The average molecular weight is 209 g/mol. The summed E-state index contributed by atoms with van der Waals surface area (Å²) in [6, 6.07) is 0. The predicted molar refractivity (Wildman–Crippen MR) is 46.8 cm³/mol. The zero-order valence-electron chi connectivity index (χ0n) is 6.20. The Balaban J connectivity index is 3.97. The summed E-state index contributed by atoms with van der Waals surface area (Å²) >= 11 is 3.43. The molecule has 3 heteroatoms. The first kappa shape index (κ1) is 9.37. The second-order valence-electron chi connectivity index (χ2n) is 2.79. The third-order valence-corrected chi connectivity index (χ3v) is 6.68. The van der Waals surface area contributed by atoms with Crippen LogP contribution in [0.4, 0.5) is 0 Å². The molecule has 0 aromatic heterocycles. The van der Waals surface area contributed by atoms with E-state index in [-0.39, 0.29) is 13.2 Å². The van der Waals surface area contributed by atoms with E-state index >= 15 is 0 Å². The number of hydrogen-bond acceptors (Lipinski definition) is 1. The maximum atomic E-state index is 11.1. The zero-order valence-corrected chi connectivity index (χ0v) is 9.20. The molecule has 0 aromatic rings. The van der Waals surface area contributed by atoms with Crippen LogP contribution in [0.1, 0.15) is 27.2 Å². The van der Waals surface area contributed by atoms with Gasteiger partial charge in [-0.25, -0.2) is 0 Å². The molecule has 0 heterocycles. The van der Waals surface area contributed by atoms with Gasteiger partial charge < -0.3 is 0 Å². The third-order valence-electron chi connectivity index (χ3n) is 1.41. The van der Waals surface area contributed by atoms with Gasteiger partial charge in [-0.2, -0.15) is 0 Å². The number of carbonyl (C=O) groups is 1. The smallest absolute Gasteiger partial charge is 0.135 e. The van der Waals surface area contributed by atoms with Crippen molar-refractivity contribution in [3.63, 3.8) is 0 Å². The van der Waals surface area contributed by atoms with E-state index in [0.717, 1.165) is 0 Å². The van der Waals surface area contributed by atoms with Gasteiger partial charge in [0.25, 0.3) is 0 Å². The first-order valence-electron chi connectivity index (χ1n) is 3.14. The molecule has 54 valence electrons. The summed E-state index contributed by atoms with van der Waals surface area (Å²) in [5.74, 6) is 0.381. The minimum atomic E-state index is -0.354. The Morgan fingerprint density at radius 3 is 2.22 bits per heavy atom. The van der Waals surface area contributed by atoms with Gasteiger partial charge in [0.1, 0.15) is 13.9 Å². The van der Waals surface area contributed by atoms with Crippen LogP contribution in [0.15, 0.2) is 0 Å². The van der Waals surface area contributed by atoms with Crippen molar-refractivity contribution in [3.8, 4) is 0 Å². The Kier molecular flexibility index (Phi) is 3.66. The minimum absolute atomic E-state index is 0.0330. The molecule has 0 saturated carbocycles. The normalized spacial score (nSPS) is 12.9. The molecule has 0 fully saturated rings. The topological polar surface area (TPSA) is 17.1 Å². The number of ketones is 1. The molecule has 0 aliphatic rings. The van der Waals surface area contributed by atoms with E-state index in [1.807, 2.05) is 20.8 Å². The number of rotatable bonds is 3. The molecule has 0 aliphatic heterocycles. The van der Waals surface area contributed by atoms with Gasteiger partial charge in [-0.1, -0.05) is 20.8 Å². The number of carbonyl (C=O) groups excluding carboxylic acids is 1. The first-order valence-corrected chi connectivity index (χ1v) is 7.74. The van der Waals surface area contributed by atoms with Crippen molar-refractivity contribution in [2.75, 3.05) is 0 Å². The van der Waals surface area contributed by atoms with E-state index in [0.29, 0.717) is 12.2 Å². The molecular formula is C6H13BrOSi. The van der Waals surface area contributed by atoms with Gasteiger partial charge >= 0.3 is 0 Å². The first-order chi connectivity index (χ1) is 4.04. The van der Waals surface area contributed by atoms with E-state index < -0.39 is 0 Å². The van der Waals surface area contributed by atoms with Gasteiger partial charge in [-0.15, -0.1) is 15.3 Å². The van der Waals surface area contributed by atoms with Crippen LogP contribution in [-0.2, 0) is 4.79 Å². The summed E-state index contributed by atoms with van der Waals surface area (Å²) in [4.78, 5) is 11.1. The standard InChI is InChI=1S/C6H13BrOSi/c1-4-5(8)6(2,3)9-7/h4,9H2,1-3H3. The highest BCUT2D eigenvalue weighted by Crippen LogP contribution is 2.26. The molecule has 0 N–H and O–H groups in total. The average Bonchev–Trinajstić information content (AvgIpc) is 1.86. The largest absolute Gasteiger partial charge is 0.299 e. The SMILES string of the molecule is CCC(=O)C(C)(C)[SiH2]Br. The molecular weight excluding hydrogens is 196 g/mol. The molecule has 1 nitrogen and oxygen atoms in total. The van der Waals surface area contributed by atoms with Crippen LogP contribution in [0.5, 0.6) is 0 Å². The summed E-state index contributed by atoms with van der Waals surface area (Å²) < 4.78 is 0. The van der Waals surface area contributed by atoms with Gasteiger partial charge in [0.2, 0.25) is 0 Å². The van der Waals surface area contributed by atoms with Gasteiger partial charge in [0.15, 0.2) is 0 Å². The second kappa shape index (κ2) is 3.51. The van der Waals surface area contributed by atoms with Crippen LogP contribution in [0.2, 0.25) is 5.04 Å². The highest BCUT2D eigenvalue weighted by Gasteiger charge is 2.24. The molecule has 0 atom stereocenters. The maximum Gasteiger partial charge on any atom is 0.135 e. The Hall–Kier alpha value is 0.367. The fourth-order valence-corrected chi connectivity index (χ4v) is 1.89.